The molecule has 1 amide bonds. The van der Waals surface area contributed by atoms with E-state index in [1.807, 2.05) is 0 Å². The van der Waals surface area contributed by atoms with Gasteiger partial charge >= 0.3 is 5.69 Å². The normalized spacial score (nSPS) is 10.0. The van der Waals surface area contributed by atoms with Crippen LogP contribution in [0.1, 0.15) is 10.4 Å². The average Bonchev–Trinajstić information content (AvgIpc) is 2.38. The van der Waals surface area contributed by atoms with E-state index in [0.717, 1.165) is 6.07 Å². The van der Waals surface area contributed by atoms with Gasteiger partial charge in [-0.05, 0) is 24.3 Å². The highest BCUT2D eigenvalue weighted by Gasteiger charge is 2.18. The average molecular weight is 273 g/mol. The van der Waals surface area contributed by atoms with E-state index in [0.29, 0.717) is 11.4 Å². The second kappa shape index (κ2) is 5.27. The molecule has 0 heterocycles. The molecular formula is C13H11N3O4. The molecule has 0 saturated heterocycles. The molecule has 0 aliphatic heterocycles. The van der Waals surface area contributed by atoms with Crippen molar-refractivity contribution in [1.29, 1.82) is 0 Å². The molecule has 2 aromatic carbocycles. The number of nitrogen functional groups attached to an aromatic ring is 1. The minimum Gasteiger partial charge on any atom is -0.450 e. The number of nitro benzene ring substituents is 1. The largest absolute Gasteiger partial charge is 0.450 e. The van der Waals surface area contributed by atoms with Crippen LogP contribution < -0.4 is 16.2 Å². The smallest absolute Gasteiger partial charge is 0.312 e. The highest BCUT2D eigenvalue weighted by atomic mass is 16.6. The lowest BCUT2D eigenvalue weighted by molar-refractivity contribution is -0.385. The van der Waals surface area contributed by atoms with Crippen molar-refractivity contribution in [1.82, 2.24) is 0 Å². The molecule has 2 rings (SSSR count). The number of nitrogens with zero attached hydrogens (tertiary/aromatic N) is 1. The first kappa shape index (κ1) is 13.3. The third-order valence-electron chi connectivity index (χ3n) is 2.53. The Kier molecular flexibility index (Phi) is 3.52. The van der Waals surface area contributed by atoms with E-state index in [9.17, 15) is 14.9 Å². The van der Waals surface area contributed by atoms with Crippen molar-refractivity contribution < 1.29 is 14.5 Å². The minimum absolute atomic E-state index is 0.00519. The number of primary amides is 1. The van der Waals surface area contributed by atoms with Gasteiger partial charge in [0.25, 0.3) is 0 Å². The first-order valence-corrected chi connectivity index (χ1v) is 5.59. The molecule has 0 aromatic heterocycles. The Morgan fingerprint density at radius 2 is 1.95 bits per heavy atom. The molecular weight excluding hydrogens is 262 g/mol. The summed E-state index contributed by atoms with van der Waals surface area (Å²) in [6.07, 6.45) is 0. The van der Waals surface area contributed by atoms with Crippen LogP contribution in [0, 0.1) is 10.1 Å². The number of nitro groups is 1. The first-order valence-electron chi connectivity index (χ1n) is 5.59. The maximum absolute atomic E-state index is 11.0. The van der Waals surface area contributed by atoms with E-state index in [1.54, 1.807) is 18.2 Å². The maximum Gasteiger partial charge on any atom is 0.312 e. The lowest BCUT2D eigenvalue weighted by Crippen LogP contribution is -2.11. The van der Waals surface area contributed by atoms with Crippen LogP contribution in [0.2, 0.25) is 0 Å². The van der Waals surface area contributed by atoms with Crippen molar-refractivity contribution in [2.45, 2.75) is 0 Å². The van der Waals surface area contributed by atoms with E-state index in [4.69, 9.17) is 16.2 Å². The van der Waals surface area contributed by atoms with Gasteiger partial charge in [0.05, 0.1) is 4.92 Å². The monoisotopic (exact) mass is 273 g/mol. The Labute approximate surface area is 113 Å². The molecule has 0 aliphatic carbocycles. The fraction of sp³-hybridized carbons (Fsp3) is 0. The number of carbonyl (C=O) groups excluding carboxylic acids is 1. The molecule has 20 heavy (non-hydrogen) atoms. The number of nitrogens with two attached hydrogens (primary N) is 2. The van der Waals surface area contributed by atoms with Crippen molar-refractivity contribution in [3.63, 3.8) is 0 Å². The van der Waals surface area contributed by atoms with E-state index in [1.165, 1.54) is 18.2 Å². The molecule has 0 bridgehead atoms. The third kappa shape index (κ3) is 2.83. The van der Waals surface area contributed by atoms with Crippen molar-refractivity contribution in [3.8, 4) is 11.5 Å². The molecule has 2 aromatic rings. The van der Waals surface area contributed by atoms with Gasteiger partial charge in [-0.25, -0.2) is 0 Å². The van der Waals surface area contributed by atoms with E-state index >= 15 is 0 Å². The van der Waals surface area contributed by atoms with Gasteiger partial charge in [0, 0.05) is 23.4 Å². The molecule has 0 spiro atoms. The predicted octanol–water partition coefficient (Wildman–Crippen LogP) is 2.07. The lowest BCUT2D eigenvalue weighted by Gasteiger charge is -2.07. The number of amides is 1. The zero-order valence-electron chi connectivity index (χ0n) is 10.3. The zero-order valence-corrected chi connectivity index (χ0v) is 10.3. The van der Waals surface area contributed by atoms with Crippen LogP contribution in [0.25, 0.3) is 0 Å². The topological polar surface area (TPSA) is 121 Å². The Hall–Kier alpha value is -3.09. The number of rotatable bonds is 4. The summed E-state index contributed by atoms with van der Waals surface area (Å²) in [6.45, 7) is 0. The van der Waals surface area contributed by atoms with Crippen LogP contribution in [0.4, 0.5) is 11.4 Å². The summed E-state index contributed by atoms with van der Waals surface area (Å²) in [5, 5.41) is 11.0. The number of ether oxygens (including phenoxy) is 1. The highest BCUT2D eigenvalue weighted by molar-refractivity contribution is 5.93. The minimum atomic E-state index is -0.747. The number of anilines is 1. The summed E-state index contributed by atoms with van der Waals surface area (Å²) in [5.41, 5.74) is 10.9. The molecule has 0 unspecified atom stereocenters. The van der Waals surface area contributed by atoms with Crippen LogP contribution in [0.15, 0.2) is 42.5 Å². The molecule has 0 aliphatic rings. The Morgan fingerprint density at radius 3 is 2.55 bits per heavy atom. The van der Waals surface area contributed by atoms with Crippen molar-refractivity contribution >= 4 is 17.3 Å². The van der Waals surface area contributed by atoms with Gasteiger partial charge in [-0.15, -0.1) is 0 Å². The van der Waals surface area contributed by atoms with Crippen molar-refractivity contribution in [3.05, 3.63) is 58.1 Å². The Balaban J connectivity index is 2.41. The highest BCUT2D eigenvalue weighted by Crippen LogP contribution is 2.32. The number of benzene rings is 2. The molecule has 7 nitrogen and oxygen atoms in total. The van der Waals surface area contributed by atoms with E-state index in [2.05, 4.69) is 0 Å². The predicted molar refractivity (Wildman–Crippen MR) is 72.5 cm³/mol. The van der Waals surface area contributed by atoms with Crippen LogP contribution in [-0.2, 0) is 0 Å². The third-order valence-corrected chi connectivity index (χ3v) is 2.53. The van der Waals surface area contributed by atoms with Crippen molar-refractivity contribution in [2.24, 2.45) is 5.73 Å². The zero-order chi connectivity index (χ0) is 14.7. The summed E-state index contributed by atoms with van der Waals surface area (Å²) >= 11 is 0. The maximum atomic E-state index is 11.0. The molecule has 102 valence electrons. The molecule has 4 N–H and O–H groups in total. The van der Waals surface area contributed by atoms with Gasteiger partial charge in [-0.2, -0.15) is 0 Å². The van der Waals surface area contributed by atoms with Gasteiger partial charge in [-0.1, -0.05) is 6.07 Å². The second-order valence-corrected chi connectivity index (χ2v) is 3.98. The van der Waals surface area contributed by atoms with Crippen molar-refractivity contribution in [2.75, 3.05) is 5.73 Å². The van der Waals surface area contributed by atoms with Gasteiger partial charge in [0.1, 0.15) is 5.75 Å². The lowest BCUT2D eigenvalue weighted by atomic mass is 10.2. The fourth-order valence-corrected chi connectivity index (χ4v) is 1.60. The molecule has 0 fully saturated rings. The summed E-state index contributed by atoms with van der Waals surface area (Å²) in [4.78, 5) is 21.4. The Morgan fingerprint density at radius 1 is 1.20 bits per heavy atom. The van der Waals surface area contributed by atoms with Gasteiger partial charge in [0.2, 0.25) is 11.7 Å². The summed E-state index contributed by atoms with van der Waals surface area (Å²) in [6, 6.07) is 10.2. The fourth-order valence-electron chi connectivity index (χ4n) is 1.60. The SMILES string of the molecule is NC(=O)c1ccc(Oc2cccc(N)c2)c([N+](=O)[O-])c1. The number of carbonyl (C=O) groups is 1. The van der Waals surface area contributed by atoms with Gasteiger partial charge in [-0.3, -0.25) is 14.9 Å². The van der Waals surface area contributed by atoms with Crippen LogP contribution in [-0.4, -0.2) is 10.8 Å². The number of hydrogen-bond donors (Lipinski definition) is 2. The number of hydrogen-bond acceptors (Lipinski definition) is 5. The molecule has 7 heteroatoms. The summed E-state index contributed by atoms with van der Waals surface area (Å²) < 4.78 is 5.41. The second-order valence-electron chi connectivity index (χ2n) is 3.98. The molecule has 0 radical (unpaired) electrons. The summed E-state index contributed by atoms with van der Waals surface area (Å²) in [7, 11) is 0. The first-order chi connectivity index (χ1) is 9.47. The molecule has 0 saturated carbocycles. The van der Waals surface area contributed by atoms with Crippen LogP contribution >= 0.6 is 0 Å². The standard InChI is InChI=1S/C13H11N3O4/c14-9-2-1-3-10(7-9)20-12-5-4-8(13(15)17)6-11(12)16(18)19/h1-7H,14H2,(H2,15,17). The van der Waals surface area contributed by atoms with Gasteiger partial charge in [0.15, 0.2) is 0 Å². The quantitative estimate of drug-likeness (QED) is 0.501. The van der Waals surface area contributed by atoms with Gasteiger partial charge < -0.3 is 16.2 Å². The molecule has 0 atom stereocenters. The Bertz CT molecular complexity index is 685. The van der Waals surface area contributed by atoms with Crippen LogP contribution in [0.5, 0.6) is 11.5 Å². The van der Waals surface area contributed by atoms with E-state index in [-0.39, 0.29) is 17.0 Å². The van der Waals surface area contributed by atoms with Crippen LogP contribution in [0.3, 0.4) is 0 Å². The summed E-state index contributed by atoms with van der Waals surface area (Å²) in [5.74, 6) is -0.380. The van der Waals surface area contributed by atoms with E-state index < -0.39 is 10.8 Å².